The summed E-state index contributed by atoms with van der Waals surface area (Å²) in [6.07, 6.45) is 1.72. The number of ether oxygens (including phenoxy) is 1. The molecule has 4 nitrogen and oxygen atoms in total. The number of hydrogen-bond acceptors (Lipinski definition) is 3. The average Bonchev–Trinajstić information content (AvgIpc) is 2.67. The lowest BCUT2D eigenvalue weighted by Crippen LogP contribution is -2.04. The predicted octanol–water partition coefficient (Wildman–Crippen LogP) is 1.60. The predicted molar refractivity (Wildman–Crippen MR) is 53.5 cm³/mol. The number of rotatable bonds is 1. The second-order valence-corrected chi connectivity index (χ2v) is 3.00. The van der Waals surface area contributed by atoms with Crippen molar-refractivity contribution in [1.82, 2.24) is 4.40 Å². The molecule has 4 heteroatoms. The highest BCUT2D eigenvalue weighted by Gasteiger charge is 2.14. The van der Waals surface area contributed by atoms with Crippen LogP contribution in [-0.4, -0.2) is 17.5 Å². The lowest BCUT2D eigenvalue weighted by molar-refractivity contribution is 0.0593. The summed E-state index contributed by atoms with van der Waals surface area (Å²) >= 11 is 0. The van der Waals surface area contributed by atoms with Crippen LogP contribution in [0.5, 0.6) is 0 Å². The van der Waals surface area contributed by atoms with Crippen molar-refractivity contribution in [2.45, 2.75) is 0 Å². The zero-order valence-electron chi connectivity index (χ0n) is 8.10. The fourth-order valence-electron chi connectivity index (χ4n) is 1.50. The molecule has 0 aromatic carbocycles. The van der Waals surface area contributed by atoms with Gasteiger partial charge in [0, 0.05) is 6.20 Å². The molecule has 0 radical (unpaired) electrons. The number of methoxy groups -OCH3 is 1. The Hall–Kier alpha value is -2.28. The average molecular weight is 200 g/mol. The number of hydrogen-bond donors (Lipinski definition) is 0. The van der Waals surface area contributed by atoms with Crippen LogP contribution in [0.25, 0.3) is 5.52 Å². The van der Waals surface area contributed by atoms with Gasteiger partial charge in [-0.25, -0.2) is 4.79 Å². The van der Waals surface area contributed by atoms with Crippen molar-refractivity contribution < 1.29 is 9.53 Å². The largest absolute Gasteiger partial charge is 0.464 e. The van der Waals surface area contributed by atoms with E-state index in [0.29, 0.717) is 16.8 Å². The zero-order valence-corrected chi connectivity index (χ0v) is 8.10. The van der Waals surface area contributed by atoms with Crippen LogP contribution < -0.4 is 0 Å². The van der Waals surface area contributed by atoms with E-state index in [-0.39, 0.29) is 0 Å². The standard InChI is InChI=1S/C11H8N2O2/c1-15-11(14)10-6-8(7-12)9-4-2-3-5-13(9)10/h2-6H,1H3. The molecule has 2 aromatic rings. The maximum absolute atomic E-state index is 11.4. The van der Waals surface area contributed by atoms with Gasteiger partial charge in [0.05, 0.1) is 18.2 Å². The lowest BCUT2D eigenvalue weighted by Gasteiger charge is -1.99. The summed E-state index contributed by atoms with van der Waals surface area (Å²) in [5, 5.41) is 8.89. The zero-order chi connectivity index (χ0) is 10.8. The first kappa shape index (κ1) is 9.28. The van der Waals surface area contributed by atoms with Gasteiger partial charge in [-0.2, -0.15) is 5.26 Å². The Morgan fingerprint density at radius 3 is 3.00 bits per heavy atom. The first-order valence-electron chi connectivity index (χ1n) is 4.36. The Morgan fingerprint density at radius 1 is 1.53 bits per heavy atom. The Labute approximate surface area is 86.3 Å². The molecule has 2 heterocycles. The minimum absolute atomic E-state index is 0.365. The molecule has 0 N–H and O–H groups in total. The van der Waals surface area contributed by atoms with E-state index in [1.165, 1.54) is 13.2 Å². The molecular formula is C11H8N2O2. The first-order valence-corrected chi connectivity index (χ1v) is 4.36. The number of carbonyl (C=O) groups excluding carboxylic acids is 1. The first-order chi connectivity index (χ1) is 7.27. The molecule has 15 heavy (non-hydrogen) atoms. The molecular weight excluding hydrogens is 192 g/mol. The van der Waals surface area contributed by atoms with Gasteiger partial charge in [0.2, 0.25) is 0 Å². The van der Waals surface area contributed by atoms with Crippen LogP contribution in [-0.2, 0) is 4.74 Å². The van der Waals surface area contributed by atoms with Gasteiger partial charge in [-0.05, 0) is 18.2 Å². The molecule has 0 fully saturated rings. The number of carbonyl (C=O) groups is 1. The van der Waals surface area contributed by atoms with Crippen LogP contribution in [0.1, 0.15) is 16.1 Å². The SMILES string of the molecule is COC(=O)c1cc(C#N)c2ccccn12. The molecule has 0 amide bonds. The van der Waals surface area contributed by atoms with Crippen LogP contribution in [0.2, 0.25) is 0 Å². The summed E-state index contributed by atoms with van der Waals surface area (Å²) in [6, 6.07) is 8.96. The number of pyridine rings is 1. The third kappa shape index (κ3) is 1.34. The van der Waals surface area contributed by atoms with Gasteiger partial charge in [0.15, 0.2) is 0 Å². The Kier molecular flexibility index (Phi) is 2.14. The van der Waals surface area contributed by atoms with Crippen LogP contribution in [0.15, 0.2) is 30.5 Å². The molecule has 0 spiro atoms. The molecule has 0 bridgehead atoms. The second-order valence-electron chi connectivity index (χ2n) is 3.00. The summed E-state index contributed by atoms with van der Waals surface area (Å²) in [6.45, 7) is 0. The van der Waals surface area contributed by atoms with Crippen molar-refractivity contribution >= 4 is 11.5 Å². The van der Waals surface area contributed by atoms with Gasteiger partial charge in [-0.15, -0.1) is 0 Å². The fourth-order valence-corrected chi connectivity index (χ4v) is 1.50. The Morgan fingerprint density at radius 2 is 2.33 bits per heavy atom. The summed E-state index contributed by atoms with van der Waals surface area (Å²) in [5.41, 5.74) is 1.54. The number of nitrogens with zero attached hydrogens (tertiary/aromatic N) is 2. The van der Waals surface area contributed by atoms with Crippen molar-refractivity contribution in [2.75, 3.05) is 7.11 Å². The Bertz CT molecular complexity index is 563. The third-order valence-corrected chi connectivity index (χ3v) is 2.19. The molecule has 0 saturated heterocycles. The molecule has 0 aliphatic heterocycles. The summed E-state index contributed by atoms with van der Waals surface area (Å²) < 4.78 is 6.28. The van der Waals surface area contributed by atoms with E-state index in [4.69, 9.17) is 5.26 Å². The molecule has 0 aliphatic carbocycles. The normalized spacial score (nSPS) is 9.87. The highest BCUT2D eigenvalue weighted by Crippen LogP contribution is 2.16. The van der Waals surface area contributed by atoms with Gasteiger partial charge in [-0.1, -0.05) is 6.07 Å². The van der Waals surface area contributed by atoms with Crippen LogP contribution in [0.3, 0.4) is 0 Å². The Balaban J connectivity index is 2.77. The molecule has 0 aliphatic rings. The molecule has 0 unspecified atom stereocenters. The van der Waals surface area contributed by atoms with Gasteiger partial charge < -0.3 is 9.14 Å². The highest BCUT2D eigenvalue weighted by molar-refractivity contribution is 5.90. The van der Waals surface area contributed by atoms with Crippen molar-refractivity contribution in [3.05, 3.63) is 41.7 Å². The van der Waals surface area contributed by atoms with E-state index in [0.717, 1.165) is 0 Å². The van der Waals surface area contributed by atoms with Crippen molar-refractivity contribution in [2.24, 2.45) is 0 Å². The summed E-state index contributed by atoms with van der Waals surface area (Å²) in [4.78, 5) is 11.4. The van der Waals surface area contributed by atoms with Gasteiger partial charge in [0.25, 0.3) is 0 Å². The number of esters is 1. The van der Waals surface area contributed by atoms with E-state index >= 15 is 0 Å². The van der Waals surface area contributed by atoms with Crippen molar-refractivity contribution in [3.63, 3.8) is 0 Å². The molecule has 0 atom stereocenters. The van der Waals surface area contributed by atoms with E-state index < -0.39 is 5.97 Å². The fraction of sp³-hybridized carbons (Fsp3) is 0.0909. The van der Waals surface area contributed by atoms with Gasteiger partial charge >= 0.3 is 5.97 Å². The molecule has 0 saturated carbocycles. The molecule has 74 valence electrons. The minimum atomic E-state index is -0.447. The van der Waals surface area contributed by atoms with Gasteiger partial charge in [0.1, 0.15) is 11.8 Å². The number of aromatic nitrogens is 1. The lowest BCUT2D eigenvalue weighted by atomic mass is 10.3. The van der Waals surface area contributed by atoms with E-state index in [1.54, 1.807) is 22.7 Å². The van der Waals surface area contributed by atoms with E-state index in [1.807, 2.05) is 12.1 Å². The van der Waals surface area contributed by atoms with E-state index in [9.17, 15) is 4.79 Å². The highest BCUT2D eigenvalue weighted by atomic mass is 16.5. The van der Waals surface area contributed by atoms with Crippen LogP contribution in [0, 0.1) is 11.3 Å². The van der Waals surface area contributed by atoms with Crippen LogP contribution in [0.4, 0.5) is 0 Å². The van der Waals surface area contributed by atoms with Gasteiger partial charge in [-0.3, -0.25) is 0 Å². The topological polar surface area (TPSA) is 54.5 Å². The quantitative estimate of drug-likeness (QED) is 0.657. The smallest absolute Gasteiger partial charge is 0.355 e. The number of nitriles is 1. The summed E-state index contributed by atoms with van der Waals surface area (Å²) in [5.74, 6) is -0.447. The third-order valence-electron chi connectivity index (χ3n) is 2.19. The molecule has 2 rings (SSSR count). The van der Waals surface area contributed by atoms with E-state index in [2.05, 4.69) is 4.74 Å². The van der Waals surface area contributed by atoms with Crippen molar-refractivity contribution in [1.29, 1.82) is 5.26 Å². The number of fused-ring (bicyclic) bond motifs is 1. The maximum atomic E-state index is 11.4. The summed E-state index contributed by atoms with van der Waals surface area (Å²) in [7, 11) is 1.32. The second kappa shape index (κ2) is 3.46. The minimum Gasteiger partial charge on any atom is -0.464 e. The van der Waals surface area contributed by atoms with Crippen LogP contribution >= 0.6 is 0 Å². The molecule has 2 aromatic heterocycles. The monoisotopic (exact) mass is 200 g/mol. The maximum Gasteiger partial charge on any atom is 0.355 e. The van der Waals surface area contributed by atoms with Crippen molar-refractivity contribution in [3.8, 4) is 6.07 Å².